The predicted octanol–water partition coefficient (Wildman–Crippen LogP) is 3.44. The van der Waals surface area contributed by atoms with E-state index in [1.54, 1.807) is 26.2 Å². The second-order valence-corrected chi connectivity index (χ2v) is 7.70. The number of aromatic nitrogens is 1. The van der Waals surface area contributed by atoms with Gasteiger partial charge in [-0.25, -0.2) is 8.42 Å². The maximum absolute atomic E-state index is 12.4. The number of sulfonamides is 1. The Morgan fingerprint density at radius 1 is 1.14 bits per heavy atom. The number of anilines is 2. The highest BCUT2D eigenvalue weighted by molar-refractivity contribution is 7.92. The van der Waals surface area contributed by atoms with E-state index in [4.69, 9.17) is 9.26 Å². The Morgan fingerprint density at radius 3 is 2.52 bits per heavy atom. The third-order valence-corrected chi connectivity index (χ3v) is 5.22. The summed E-state index contributed by atoms with van der Waals surface area (Å²) >= 11 is 0. The average molecular weight is 413 g/mol. The van der Waals surface area contributed by atoms with Crippen molar-refractivity contribution in [2.24, 2.45) is 0 Å². The minimum atomic E-state index is -3.81. The summed E-state index contributed by atoms with van der Waals surface area (Å²) in [7, 11) is -2.26. The van der Waals surface area contributed by atoms with Crippen LogP contribution in [0.25, 0.3) is 6.08 Å². The maximum atomic E-state index is 12.4. The van der Waals surface area contributed by atoms with Gasteiger partial charge in [0.25, 0.3) is 10.0 Å². The Kier molecular flexibility index (Phi) is 5.99. The van der Waals surface area contributed by atoms with Crippen molar-refractivity contribution in [2.75, 3.05) is 17.1 Å². The number of rotatable bonds is 7. The number of methoxy groups -OCH3 is 1. The fraction of sp³-hybridized carbons (Fsp3) is 0.100. The van der Waals surface area contributed by atoms with Gasteiger partial charge in [-0.1, -0.05) is 23.4 Å². The number of nitrogens with one attached hydrogen (secondary N) is 2. The molecule has 0 saturated carbocycles. The molecule has 3 rings (SSSR count). The smallest absolute Gasteiger partial charge is 0.263 e. The monoisotopic (exact) mass is 413 g/mol. The van der Waals surface area contributed by atoms with Crippen LogP contribution in [0.2, 0.25) is 0 Å². The summed E-state index contributed by atoms with van der Waals surface area (Å²) in [6.45, 7) is 1.66. The summed E-state index contributed by atoms with van der Waals surface area (Å²) in [5.41, 5.74) is 1.22. The zero-order valence-electron chi connectivity index (χ0n) is 15.7. The summed E-state index contributed by atoms with van der Waals surface area (Å²) in [6, 6.07) is 14.5. The highest BCUT2D eigenvalue weighted by atomic mass is 32.2. The molecule has 8 nitrogen and oxygen atoms in total. The van der Waals surface area contributed by atoms with E-state index in [1.165, 1.54) is 36.4 Å². The number of hydrogen-bond acceptors (Lipinski definition) is 6. The number of para-hydroxylation sites is 1. The fourth-order valence-corrected chi connectivity index (χ4v) is 3.47. The molecule has 0 fully saturated rings. The van der Waals surface area contributed by atoms with E-state index in [0.717, 1.165) is 5.56 Å². The van der Waals surface area contributed by atoms with Crippen molar-refractivity contribution in [1.29, 1.82) is 0 Å². The first-order chi connectivity index (χ1) is 13.9. The molecule has 0 atom stereocenters. The van der Waals surface area contributed by atoms with Gasteiger partial charge in [-0.15, -0.1) is 0 Å². The van der Waals surface area contributed by atoms with Gasteiger partial charge in [-0.2, -0.15) is 0 Å². The van der Waals surface area contributed by atoms with Gasteiger partial charge in [0.15, 0.2) is 5.82 Å². The van der Waals surface area contributed by atoms with Crippen LogP contribution >= 0.6 is 0 Å². The first kappa shape index (κ1) is 20.2. The molecule has 0 aliphatic rings. The Hall–Kier alpha value is -3.59. The van der Waals surface area contributed by atoms with Crippen molar-refractivity contribution in [3.63, 3.8) is 0 Å². The maximum Gasteiger partial charge on any atom is 0.263 e. The van der Waals surface area contributed by atoms with E-state index < -0.39 is 10.0 Å². The van der Waals surface area contributed by atoms with Crippen LogP contribution in [0, 0.1) is 6.92 Å². The third-order valence-electron chi connectivity index (χ3n) is 3.85. The predicted molar refractivity (Wildman–Crippen MR) is 109 cm³/mol. The lowest BCUT2D eigenvalue weighted by molar-refractivity contribution is -0.111. The molecule has 2 aromatic carbocycles. The van der Waals surface area contributed by atoms with E-state index in [1.807, 2.05) is 18.2 Å². The highest BCUT2D eigenvalue weighted by Crippen LogP contribution is 2.20. The molecule has 1 aromatic heterocycles. The van der Waals surface area contributed by atoms with E-state index in [2.05, 4.69) is 15.2 Å². The molecule has 0 aliphatic carbocycles. The van der Waals surface area contributed by atoms with E-state index in [-0.39, 0.29) is 16.6 Å². The van der Waals surface area contributed by atoms with Gasteiger partial charge < -0.3 is 14.6 Å². The Morgan fingerprint density at radius 2 is 1.86 bits per heavy atom. The number of amides is 1. The lowest BCUT2D eigenvalue weighted by atomic mass is 10.2. The summed E-state index contributed by atoms with van der Waals surface area (Å²) in [5.74, 6) is 0.881. The number of hydrogen-bond donors (Lipinski definition) is 2. The van der Waals surface area contributed by atoms with Crippen molar-refractivity contribution >= 4 is 33.5 Å². The topological polar surface area (TPSA) is 111 Å². The lowest BCUT2D eigenvalue weighted by Gasteiger charge is -2.07. The molecule has 29 heavy (non-hydrogen) atoms. The van der Waals surface area contributed by atoms with Crippen molar-refractivity contribution in [3.8, 4) is 5.75 Å². The molecule has 1 amide bonds. The minimum Gasteiger partial charge on any atom is -0.496 e. The van der Waals surface area contributed by atoms with Crippen LogP contribution in [0.1, 0.15) is 11.3 Å². The molecule has 0 aliphatic heterocycles. The van der Waals surface area contributed by atoms with Gasteiger partial charge >= 0.3 is 0 Å². The van der Waals surface area contributed by atoms with Crippen LogP contribution in [0.15, 0.2) is 70.1 Å². The number of benzene rings is 2. The summed E-state index contributed by atoms with van der Waals surface area (Å²) < 4.78 is 37.1. The second kappa shape index (κ2) is 8.61. The lowest BCUT2D eigenvalue weighted by Crippen LogP contribution is -2.13. The molecular weight excluding hydrogens is 394 g/mol. The van der Waals surface area contributed by atoms with Gasteiger partial charge in [0, 0.05) is 23.4 Å². The van der Waals surface area contributed by atoms with Gasteiger partial charge in [-0.05, 0) is 43.3 Å². The first-order valence-corrected chi connectivity index (χ1v) is 10.0. The van der Waals surface area contributed by atoms with Crippen molar-refractivity contribution < 1.29 is 22.5 Å². The highest BCUT2D eigenvalue weighted by Gasteiger charge is 2.16. The number of nitrogens with zero attached hydrogens (tertiary/aromatic N) is 1. The zero-order chi connectivity index (χ0) is 20.9. The van der Waals surface area contributed by atoms with Gasteiger partial charge in [-0.3, -0.25) is 9.52 Å². The van der Waals surface area contributed by atoms with Crippen LogP contribution in [0.4, 0.5) is 11.5 Å². The Balaban J connectivity index is 1.65. The average Bonchev–Trinajstić information content (AvgIpc) is 3.11. The molecule has 2 N–H and O–H groups in total. The van der Waals surface area contributed by atoms with Crippen LogP contribution in [0.3, 0.4) is 0 Å². The first-order valence-electron chi connectivity index (χ1n) is 8.56. The SMILES string of the molecule is COc1ccccc1C=CC(=O)Nc1ccc(S(=O)(=O)Nc2cc(C)on2)cc1. The molecule has 0 radical (unpaired) electrons. The Bertz CT molecular complexity index is 1130. The standard InChI is InChI=1S/C20H19N3O5S/c1-14-13-19(22-28-14)23-29(25,26)17-10-8-16(9-11-17)21-20(24)12-7-15-5-3-4-6-18(15)27-2/h3-13H,1-2H3,(H,21,24)(H,22,23). The van der Waals surface area contributed by atoms with Gasteiger partial charge in [0.1, 0.15) is 11.5 Å². The summed E-state index contributed by atoms with van der Waals surface area (Å²) in [5, 5.41) is 6.27. The fourth-order valence-electron chi connectivity index (χ4n) is 2.48. The largest absolute Gasteiger partial charge is 0.496 e. The molecule has 3 aromatic rings. The normalized spacial score (nSPS) is 11.4. The number of aryl methyl sites for hydroxylation is 1. The molecular formula is C20H19N3O5S. The van der Waals surface area contributed by atoms with Crippen LogP contribution in [-0.4, -0.2) is 26.6 Å². The molecule has 0 unspecified atom stereocenters. The molecule has 0 bridgehead atoms. The molecule has 0 spiro atoms. The van der Waals surface area contributed by atoms with Crippen molar-refractivity contribution in [2.45, 2.75) is 11.8 Å². The molecule has 0 saturated heterocycles. The quantitative estimate of drug-likeness (QED) is 0.574. The summed E-state index contributed by atoms with van der Waals surface area (Å²) in [4.78, 5) is 12.2. The van der Waals surface area contributed by atoms with Crippen LogP contribution in [0.5, 0.6) is 5.75 Å². The Labute approximate surface area is 168 Å². The van der Waals surface area contributed by atoms with E-state index >= 15 is 0 Å². The number of carbonyl (C=O) groups is 1. The molecule has 1 heterocycles. The molecule has 150 valence electrons. The van der Waals surface area contributed by atoms with Gasteiger partial charge in [0.05, 0.1) is 12.0 Å². The van der Waals surface area contributed by atoms with Gasteiger partial charge in [0.2, 0.25) is 5.91 Å². The number of ether oxygens (including phenoxy) is 1. The van der Waals surface area contributed by atoms with Crippen molar-refractivity contribution in [1.82, 2.24) is 5.16 Å². The zero-order valence-corrected chi connectivity index (χ0v) is 16.6. The minimum absolute atomic E-state index is 0.0284. The van der Waals surface area contributed by atoms with E-state index in [9.17, 15) is 13.2 Å². The summed E-state index contributed by atoms with van der Waals surface area (Å²) in [6.07, 6.45) is 3.01. The third kappa shape index (κ3) is 5.23. The van der Waals surface area contributed by atoms with E-state index in [0.29, 0.717) is 17.2 Å². The van der Waals surface area contributed by atoms with Crippen LogP contribution in [-0.2, 0) is 14.8 Å². The number of carbonyl (C=O) groups excluding carboxylic acids is 1. The van der Waals surface area contributed by atoms with Crippen LogP contribution < -0.4 is 14.8 Å². The second-order valence-electron chi connectivity index (χ2n) is 6.02. The molecule has 9 heteroatoms. The van der Waals surface area contributed by atoms with Crippen molar-refractivity contribution in [3.05, 3.63) is 72.0 Å².